The zero-order valence-corrected chi connectivity index (χ0v) is 12.7. The SMILES string of the molecule is COC(=O)C1CC[NH+](CC(=O)Nc2sccc2C#N)CC1. The van der Waals surface area contributed by atoms with Crippen molar-refractivity contribution in [2.75, 3.05) is 32.1 Å². The first-order chi connectivity index (χ1) is 10.1. The molecule has 6 nitrogen and oxygen atoms in total. The van der Waals surface area contributed by atoms with E-state index in [-0.39, 0.29) is 17.8 Å². The van der Waals surface area contributed by atoms with Crippen molar-refractivity contribution in [3.05, 3.63) is 17.0 Å². The predicted octanol–water partition coefficient (Wildman–Crippen LogP) is 0.0262. The Hall–Kier alpha value is -1.91. The Bertz CT molecular complexity index is 556. The lowest BCUT2D eigenvalue weighted by Crippen LogP contribution is -3.14. The lowest BCUT2D eigenvalue weighted by Gasteiger charge is -2.27. The number of nitrogens with zero attached hydrogens (tertiary/aromatic N) is 1. The predicted molar refractivity (Wildman–Crippen MR) is 78.0 cm³/mol. The normalized spacial score (nSPS) is 21.3. The number of nitriles is 1. The monoisotopic (exact) mass is 308 g/mol. The van der Waals surface area contributed by atoms with Crippen LogP contribution in [0.2, 0.25) is 0 Å². The van der Waals surface area contributed by atoms with E-state index in [1.54, 1.807) is 11.4 Å². The molecule has 21 heavy (non-hydrogen) atoms. The maximum atomic E-state index is 12.0. The highest BCUT2D eigenvalue weighted by molar-refractivity contribution is 7.14. The largest absolute Gasteiger partial charge is 0.469 e. The number of ether oxygens (including phenoxy) is 1. The molecular formula is C14H18N3O3S+. The summed E-state index contributed by atoms with van der Waals surface area (Å²) in [7, 11) is 1.41. The lowest BCUT2D eigenvalue weighted by atomic mass is 9.97. The number of hydrogen-bond acceptors (Lipinski definition) is 5. The second kappa shape index (κ2) is 7.20. The highest BCUT2D eigenvalue weighted by atomic mass is 32.1. The van der Waals surface area contributed by atoms with Gasteiger partial charge in [0.1, 0.15) is 11.1 Å². The molecule has 0 atom stereocenters. The molecule has 1 aliphatic heterocycles. The molecular weight excluding hydrogens is 290 g/mol. The summed E-state index contributed by atoms with van der Waals surface area (Å²) in [6, 6.07) is 3.74. The maximum Gasteiger partial charge on any atom is 0.309 e. The summed E-state index contributed by atoms with van der Waals surface area (Å²) in [6.07, 6.45) is 1.50. The number of rotatable bonds is 4. The Balaban J connectivity index is 1.80. The first-order valence-electron chi connectivity index (χ1n) is 6.83. The van der Waals surface area contributed by atoms with E-state index in [1.807, 2.05) is 6.07 Å². The number of amides is 1. The van der Waals surface area contributed by atoms with E-state index in [9.17, 15) is 9.59 Å². The van der Waals surface area contributed by atoms with Crippen molar-refractivity contribution in [3.8, 4) is 6.07 Å². The van der Waals surface area contributed by atoms with Gasteiger partial charge in [-0.15, -0.1) is 11.3 Å². The maximum absolute atomic E-state index is 12.0. The molecule has 2 rings (SSSR count). The molecule has 7 heteroatoms. The Labute approximate surface area is 127 Å². The fourth-order valence-corrected chi connectivity index (χ4v) is 3.25. The third kappa shape index (κ3) is 4.03. The molecule has 1 saturated heterocycles. The van der Waals surface area contributed by atoms with Crippen LogP contribution in [0.1, 0.15) is 18.4 Å². The Morgan fingerprint density at radius 2 is 2.24 bits per heavy atom. The van der Waals surface area contributed by atoms with Crippen molar-refractivity contribution >= 4 is 28.2 Å². The van der Waals surface area contributed by atoms with Gasteiger partial charge in [-0.25, -0.2) is 0 Å². The van der Waals surface area contributed by atoms with Crippen molar-refractivity contribution in [2.24, 2.45) is 5.92 Å². The van der Waals surface area contributed by atoms with Crippen LogP contribution < -0.4 is 10.2 Å². The molecule has 1 aliphatic rings. The van der Waals surface area contributed by atoms with Crippen LogP contribution in [0.4, 0.5) is 5.00 Å². The van der Waals surface area contributed by atoms with Gasteiger partial charge >= 0.3 is 5.97 Å². The number of esters is 1. The molecule has 0 unspecified atom stereocenters. The van der Waals surface area contributed by atoms with Crippen molar-refractivity contribution in [2.45, 2.75) is 12.8 Å². The first kappa shape index (κ1) is 15.5. The molecule has 0 aromatic carbocycles. The van der Waals surface area contributed by atoms with E-state index in [1.165, 1.54) is 18.4 Å². The number of anilines is 1. The van der Waals surface area contributed by atoms with E-state index in [2.05, 4.69) is 5.32 Å². The minimum absolute atomic E-state index is 0.0377. The zero-order valence-electron chi connectivity index (χ0n) is 11.8. The fraction of sp³-hybridized carbons (Fsp3) is 0.500. The van der Waals surface area contributed by atoms with Crippen LogP contribution >= 0.6 is 11.3 Å². The van der Waals surface area contributed by atoms with Crippen molar-refractivity contribution < 1.29 is 19.2 Å². The summed E-state index contributed by atoms with van der Waals surface area (Å²) < 4.78 is 4.74. The third-order valence-corrected chi connectivity index (χ3v) is 4.51. The number of likely N-dealkylation sites (tertiary alicyclic amines) is 1. The van der Waals surface area contributed by atoms with Gasteiger partial charge in [0, 0.05) is 12.8 Å². The van der Waals surface area contributed by atoms with Crippen LogP contribution in [0.25, 0.3) is 0 Å². The topological polar surface area (TPSA) is 83.6 Å². The first-order valence-corrected chi connectivity index (χ1v) is 7.71. The van der Waals surface area contributed by atoms with E-state index >= 15 is 0 Å². The average molecular weight is 308 g/mol. The van der Waals surface area contributed by atoms with Gasteiger partial charge in [-0.2, -0.15) is 5.26 Å². The van der Waals surface area contributed by atoms with E-state index in [4.69, 9.17) is 10.00 Å². The smallest absolute Gasteiger partial charge is 0.309 e. The Morgan fingerprint density at radius 1 is 1.52 bits per heavy atom. The van der Waals surface area contributed by atoms with Crippen molar-refractivity contribution in [1.82, 2.24) is 0 Å². The summed E-state index contributed by atoms with van der Waals surface area (Å²) in [5.74, 6) is -0.291. The standard InChI is InChI=1S/C14H17N3O3S/c1-20-14(19)10-2-5-17(6-3-10)9-12(18)16-13-11(8-15)4-7-21-13/h4,7,10H,2-3,5-6,9H2,1H3,(H,16,18)/p+1. The lowest BCUT2D eigenvalue weighted by molar-refractivity contribution is -0.897. The summed E-state index contributed by atoms with van der Waals surface area (Å²) in [5, 5.41) is 14.1. The van der Waals surface area contributed by atoms with E-state index in [0.717, 1.165) is 30.8 Å². The molecule has 1 amide bonds. The van der Waals surface area contributed by atoms with Crippen LogP contribution in [-0.4, -0.2) is 38.6 Å². The van der Waals surface area contributed by atoms with E-state index < -0.39 is 0 Å². The number of quaternary nitrogens is 1. The summed E-state index contributed by atoms with van der Waals surface area (Å²) >= 11 is 1.35. The van der Waals surface area contributed by atoms with Gasteiger partial charge in [-0.1, -0.05) is 0 Å². The van der Waals surface area contributed by atoms with E-state index in [0.29, 0.717) is 17.1 Å². The minimum atomic E-state index is -0.157. The van der Waals surface area contributed by atoms with Gasteiger partial charge < -0.3 is 15.0 Å². The van der Waals surface area contributed by atoms with Crippen LogP contribution in [0.5, 0.6) is 0 Å². The quantitative estimate of drug-likeness (QED) is 0.769. The van der Waals surface area contributed by atoms with Crippen LogP contribution in [-0.2, 0) is 14.3 Å². The summed E-state index contributed by atoms with van der Waals surface area (Å²) in [5.41, 5.74) is 0.493. The number of nitrogens with one attached hydrogen (secondary N) is 2. The van der Waals surface area contributed by atoms with Crippen molar-refractivity contribution in [1.29, 1.82) is 5.26 Å². The summed E-state index contributed by atoms with van der Waals surface area (Å²) in [4.78, 5) is 24.6. The van der Waals surface area contributed by atoms with Crippen LogP contribution in [0.15, 0.2) is 11.4 Å². The highest BCUT2D eigenvalue weighted by Gasteiger charge is 2.29. The number of hydrogen-bond donors (Lipinski definition) is 2. The molecule has 0 radical (unpaired) electrons. The molecule has 2 N–H and O–H groups in total. The molecule has 0 spiro atoms. The number of methoxy groups -OCH3 is 1. The molecule has 0 bridgehead atoms. The highest BCUT2D eigenvalue weighted by Crippen LogP contribution is 2.21. The van der Waals surface area contributed by atoms with Crippen LogP contribution in [0.3, 0.4) is 0 Å². The Kier molecular flexibility index (Phi) is 5.31. The van der Waals surface area contributed by atoms with Gasteiger partial charge in [0.05, 0.1) is 31.7 Å². The molecule has 0 aliphatic carbocycles. The fourth-order valence-electron chi connectivity index (χ4n) is 2.50. The second-order valence-corrected chi connectivity index (χ2v) is 5.96. The van der Waals surface area contributed by atoms with Gasteiger partial charge in [0.2, 0.25) is 0 Å². The molecule has 1 aromatic rings. The minimum Gasteiger partial charge on any atom is -0.469 e. The van der Waals surface area contributed by atoms with Gasteiger partial charge in [-0.3, -0.25) is 9.59 Å². The molecule has 0 saturated carbocycles. The molecule has 112 valence electrons. The average Bonchev–Trinajstić information content (AvgIpc) is 2.94. The van der Waals surface area contributed by atoms with Gasteiger partial charge in [-0.05, 0) is 11.4 Å². The van der Waals surface area contributed by atoms with Crippen LogP contribution in [0, 0.1) is 17.2 Å². The van der Waals surface area contributed by atoms with Crippen molar-refractivity contribution in [3.63, 3.8) is 0 Å². The molecule has 1 fully saturated rings. The zero-order chi connectivity index (χ0) is 15.2. The number of carbonyl (C=O) groups is 2. The number of piperidine rings is 1. The summed E-state index contributed by atoms with van der Waals surface area (Å²) in [6.45, 7) is 1.92. The van der Waals surface area contributed by atoms with Gasteiger partial charge in [0.25, 0.3) is 5.91 Å². The Morgan fingerprint density at radius 3 is 2.86 bits per heavy atom. The third-order valence-electron chi connectivity index (χ3n) is 3.68. The van der Waals surface area contributed by atoms with Gasteiger partial charge in [0.15, 0.2) is 6.54 Å². The molecule has 2 heterocycles. The molecule has 1 aromatic heterocycles. The number of thiophene rings is 1. The number of carbonyl (C=O) groups excluding carboxylic acids is 2. The second-order valence-electron chi connectivity index (χ2n) is 5.05.